The van der Waals surface area contributed by atoms with E-state index in [0.29, 0.717) is 20.5 Å². The molecule has 0 radical (unpaired) electrons. The second-order valence-corrected chi connectivity index (χ2v) is 6.36. The summed E-state index contributed by atoms with van der Waals surface area (Å²) in [6.07, 6.45) is 0. The van der Waals surface area contributed by atoms with E-state index in [0.717, 1.165) is 0 Å². The molecule has 6 heteroatoms. The van der Waals surface area contributed by atoms with E-state index in [-0.39, 0.29) is 5.91 Å². The highest BCUT2D eigenvalue weighted by Gasteiger charge is 2.19. The maximum atomic E-state index is 12.5. The number of nitrogens with two attached hydrogens (primary N) is 1. The van der Waals surface area contributed by atoms with E-state index in [1.54, 1.807) is 55.5 Å². The first-order valence-corrected chi connectivity index (χ1v) is 7.84. The zero-order valence-electron chi connectivity index (χ0n) is 11.4. The molecule has 0 aromatic heterocycles. The number of anilines is 1. The smallest absolute Gasteiger partial charge is 0.241 e. The molecule has 0 spiro atoms. The fraction of sp³-hybridized carbons (Fsp3) is 0.133. The highest BCUT2D eigenvalue weighted by Crippen LogP contribution is 2.28. The van der Waals surface area contributed by atoms with Crippen molar-refractivity contribution in [2.45, 2.75) is 22.8 Å². The number of nitrogens with one attached hydrogen (secondary N) is 1. The van der Waals surface area contributed by atoms with Gasteiger partial charge in [0.15, 0.2) is 9.79 Å². The number of amides is 1. The van der Waals surface area contributed by atoms with Crippen LogP contribution in [0.5, 0.6) is 0 Å². The molecule has 21 heavy (non-hydrogen) atoms. The lowest BCUT2D eigenvalue weighted by atomic mass is 10.3. The maximum absolute atomic E-state index is 12.5. The fourth-order valence-electron chi connectivity index (χ4n) is 1.67. The van der Waals surface area contributed by atoms with E-state index in [9.17, 15) is 9.35 Å². The minimum atomic E-state index is -1.41. The molecule has 2 unspecified atom stereocenters. The number of rotatable bonds is 4. The number of benzene rings is 2. The molecule has 2 aromatic carbocycles. The van der Waals surface area contributed by atoms with Crippen molar-refractivity contribution >= 4 is 34.4 Å². The Morgan fingerprint density at radius 2 is 2.00 bits per heavy atom. The Balaban J connectivity index is 2.25. The molecule has 0 aliphatic carbocycles. The van der Waals surface area contributed by atoms with Crippen molar-refractivity contribution in [1.29, 1.82) is 0 Å². The van der Waals surface area contributed by atoms with Gasteiger partial charge < -0.3 is 15.6 Å². The number of halogens is 1. The SMILES string of the molecule is CC(N)C(=O)Nc1cccc([S+]([O-])c2ccccc2Cl)c1. The zero-order chi connectivity index (χ0) is 15.4. The van der Waals surface area contributed by atoms with Crippen molar-refractivity contribution in [1.82, 2.24) is 0 Å². The molecule has 0 saturated carbocycles. The highest BCUT2D eigenvalue weighted by atomic mass is 35.5. The predicted octanol–water partition coefficient (Wildman–Crippen LogP) is 2.79. The van der Waals surface area contributed by atoms with Gasteiger partial charge in [-0.15, -0.1) is 0 Å². The van der Waals surface area contributed by atoms with Gasteiger partial charge in [-0.25, -0.2) is 0 Å². The summed E-state index contributed by atoms with van der Waals surface area (Å²) in [5, 5.41) is 3.12. The topological polar surface area (TPSA) is 78.2 Å². The van der Waals surface area contributed by atoms with Crippen molar-refractivity contribution in [3.05, 3.63) is 53.6 Å². The number of carbonyl (C=O) groups is 1. The number of hydrogen-bond donors (Lipinski definition) is 2. The Hall–Kier alpha value is -1.53. The summed E-state index contributed by atoms with van der Waals surface area (Å²) >= 11 is 4.65. The minimum Gasteiger partial charge on any atom is -0.606 e. The van der Waals surface area contributed by atoms with Crippen LogP contribution in [0, 0.1) is 0 Å². The van der Waals surface area contributed by atoms with Gasteiger partial charge >= 0.3 is 0 Å². The Bertz CT molecular complexity index is 649. The molecule has 0 saturated heterocycles. The minimum absolute atomic E-state index is 0.296. The van der Waals surface area contributed by atoms with E-state index >= 15 is 0 Å². The number of carbonyl (C=O) groups excluding carboxylic acids is 1. The summed E-state index contributed by atoms with van der Waals surface area (Å²) in [6, 6.07) is 13.2. The Labute approximate surface area is 131 Å². The molecule has 3 N–H and O–H groups in total. The molecule has 2 rings (SSSR count). The summed E-state index contributed by atoms with van der Waals surface area (Å²) < 4.78 is 12.5. The van der Waals surface area contributed by atoms with Crippen LogP contribution in [0.15, 0.2) is 58.3 Å². The Morgan fingerprint density at radius 1 is 1.29 bits per heavy atom. The third-order valence-electron chi connectivity index (χ3n) is 2.77. The van der Waals surface area contributed by atoms with Gasteiger partial charge in [-0.05, 0) is 31.2 Å². The van der Waals surface area contributed by atoms with Gasteiger partial charge in [0, 0.05) is 22.9 Å². The lowest BCUT2D eigenvalue weighted by molar-refractivity contribution is -0.117. The summed E-state index contributed by atoms with van der Waals surface area (Å²) in [7, 11) is 0. The van der Waals surface area contributed by atoms with Crippen molar-refractivity contribution in [3.8, 4) is 0 Å². The molecule has 110 valence electrons. The van der Waals surface area contributed by atoms with Crippen molar-refractivity contribution in [2.75, 3.05) is 5.32 Å². The summed E-state index contributed by atoms with van der Waals surface area (Å²) in [4.78, 5) is 12.7. The molecular weight excluding hydrogens is 308 g/mol. The van der Waals surface area contributed by atoms with Crippen molar-refractivity contribution in [3.63, 3.8) is 0 Å². The van der Waals surface area contributed by atoms with Gasteiger partial charge in [-0.2, -0.15) is 0 Å². The van der Waals surface area contributed by atoms with E-state index in [1.807, 2.05) is 0 Å². The predicted molar refractivity (Wildman–Crippen MR) is 84.8 cm³/mol. The van der Waals surface area contributed by atoms with Gasteiger partial charge in [0.2, 0.25) is 5.91 Å². The Kier molecular flexibility index (Phi) is 5.25. The Morgan fingerprint density at radius 3 is 2.67 bits per heavy atom. The van der Waals surface area contributed by atoms with Crippen LogP contribution in [0.2, 0.25) is 5.02 Å². The first-order valence-electron chi connectivity index (χ1n) is 6.32. The summed E-state index contributed by atoms with van der Waals surface area (Å²) in [6.45, 7) is 1.60. The van der Waals surface area contributed by atoms with Crippen LogP contribution in [-0.2, 0) is 16.0 Å². The first kappa shape index (κ1) is 15.9. The zero-order valence-corrected chi connectivity index (χ0v) is 12.9. The van der Waals surface area contributed by atoms with Crippen molar-refractivity contribution < 1.29 is 9.35 Å². The maximum Gasteiger partial charge on any atom is 0.241 e. The normalized spacial score (nSPS) is 13.5. The molecule has 0 aliphatic heterocycles. The molecule has 0 aliphatic rings. The van der Waals surface area contributed by atoms with Gasteiger partial charge in [0.05, 0.1) is 11.1 Å². The lowest BCUT2D eigenvalue weighted by Crippen LogP contribution is -2.32. The van der Waals surface area contributed by atoms with Crippen LogP contribution in [0.1, 0.15) is 6.92 Å². The largest absolute Gasteiger partial charge is 0.606 e. The van der Waals surface area contributed by atoms with Crippen LogP contribution >= 0.6 is 11.6 Å². The van der Waals surface area contributed by atoms with Crippen LogP contribution in [0.25, 0.3) is 0 Å². The van der Waals surface area contributed by atoms with Gasteiger partial charge in [-0.1, -0.05) is 29.8 Å². The standard InChI is InChI=1S/C15H15ClN2O2S/c1-10(17)15(19)18-11-5-4-6-12(9-11)21(20)14-8-3-2-7-13(14)16/h2-10H,17H2,1H3,(H,18,19). The van der Waals surface area contributed by atoms with Crippen LogP contribution in [0.3, 0.4) is 0 Å². The molecule has 0 bridgehead atoms. The van der Waals surface area contributed by atoms with Gasteiger partial charge in [0.25, 0.3) is 0 Å². The molecule has 2 aromatic rings. The van der Waals surface area contributed by atoms with Crippen molar-refractivity contribution in [2.24, 2.45) is 5.73 Å². The second-order valence-electron chi connectivity index (χ2n) is 4.50. The van der Waals surface area contributed by atoms with Crippen LogP contribution in [0.4, 0.5) is 5.69 Å². The van der Waals surface area contributed by atoms with Gasteiger partial charge in [-0.3, -0.25) is 4.79 Å². The highest BCUT2D eigenvalue weighted by molar-refractivity contribution is 7.91. The van der Waals surface area contributed by atoms with E-state index in [1.165, 1.54) is 0 Å². The lowest BCUT2D eigenvalue weighted by Gasteiger charge is -2.13. The van der Waals surface area contributed by atoms with Crippen LogP contribution in [-0.4, -0.2) is 16.5 Å². The fourth-order valence-corrected chi connectivity index (χ4v) is 3.15. The quantitative estimate of drug-likeness (QED) is 0.850. The molecule has 0 fully saturated rings. The van der Waals surface area contributed by atoms with E-state index in [2.05, 4.69) is 5.32 Å². The number of hydrogen-bond acceptors (Lipinski definition) is 3. The van der Waals surface area contributed by atoms with E-state index in [4.69, 9.17) is 17.3 Å². The summed E-state index contributed by atoms with van der Waals surface area (Å²) in [5.41, 5.74) is 6.05. The second kappa shape index (κ2) is 6.95. The molecule has 4 nitrogen and oxygen atoms in total. The van der Waals surface area contributed by atoms with Gasteiger partial charge in [0.1, 0.15) is 0 Å². The molecule has 1 amide bonds. The molecule has 2 atom stereocenters. The average molecular weight is 323 g/mol. The molecular formula is C15H15ClN2O2S. The van der Waals surface area contributed by atoms with E-state index < -0.39 is 17.2 Å². The third-order valence-corrected chi connectivity index (χ3v) is 4.64. The molecule has 0 heterocycles. The average Bonchev–Trinajstić information content (AvgIpc) is 2.47. The third kappa shape index (κ3) is 3.98. The first-order chi connectivity index (χ1) is 9.99. The monoisotopic (exact) mass is 322 g/mol. The summed E-state index contributed by atoms with van der Waals surface area (Å²) in [5.74, 6) is -0.296. The van der Waals surface area contributed by atoms with Crippen LogP contribution < -0.4 is 11.1 Å².